The third-order valence-electron chi connectivity index (χ3n) is 7.76. The van der Waals surface area contributed by atoms with E-state index in [-0.39, 0.29) is 17.9 Å². The molecule has 0 unspecified atom stereocenters. The Morgan fingerprint density at radius 3 is 2.25 bits per heavy atom. The Morgan fingerprint density at radius 1 is 0.818 bits per heavy atom. The molecule has 0 spiro atoms. The summed E-state index contributed by atoms with van der Waals surface area (Å²) in [5, 5.41) is 10.3. The number of rotatable bonds is 7. The highest BCUT2D eigenvalue weighted by atomic mass is 35.5. The van der Waals surface area contributed by atoms with Crippen LogP contribution in [0.2, 0.25) is 5.02 Å². The molecule has 44 heavy (non-hydrogen) atoms. The van der Waals surface area contributed by atoms with Crippen LogP contribution in [0.25, 0.3) is 11.3 Å². The van der Waals surface area contributed by atoms with E-state index in [0.717, 1.165) is 22.4 Å². The minimum atomic E-state index is -0.333. The predicted molar refractivity (Wildman–Crippen MR) is 173 cm³/mol. The highest BCUT2D eigenvalue weighted by Gasteiger charge is 2.37. The van der Waals surface area contributed by atoms with E-state index in [9.17, 15) is 9.59 Å². The number of aromatic nitrogens is 1. The van der Waals surface area contributed by atoms with Crippen LogP contribution in [0.15, 0.2) is 101 Å². The Bertz CT molecular complexity index is 1920. The van der Waals surface area contributed by atoms with Crippen molar-refractivity contribution in [2.75, 3.05) is 24.1 Å². The summed E-state index contributed by atoms with van der Waals surface area (Å²) in [4.78, 5) is 32.4. The smallest absolute Gasteiger partial charge is 0.266 e. The SMILES string of the molecule is COc1ccc([C@@H]2CC(c3ccc(Cl)cc3)=NN2c2nc(-c3cccc(N4C(=O)c5ccccc5C4=O)c3)cs2)cc1OC. The van der Waals surface area contributed by atoms with E-state index in [1.165, 1.54) is 16.2 Å². The zero-order valence-corrected chi connectivity index (χ0v) is 25.3. The normalized spacial score (nSPS) is 15.9. The van der Waals surface area contributed by atoms with Gasteiger partial charge in [-0.3, -0.25) is 9.59 Å². The second kappa shape index (κ2) is 11.3. The third-order valence-corrected chi connectivity index (χ3v) is 8.84. The van der Waals surface area contributed by atoms with E-state index in [1.807, 2.05) is 71.1 Å². The van der Waals surface area contributed by atoms with Crippen LogP contribution < -0.4 is 19.4 Å². The number of halogens is 1. The molecule has 1 atom stereocenters. The van der Waals surface area contributed by atoms with E-state index >= 15 is 0 Å². The largest absolute Gasteiger partial charge is 0.493 e. The third kappa shape index (κ3) is 4.80. The number of thiazole rings is 1. The van der Waals surface area contributed by atoms with Crippen molar-refractivity contribution in [2.45, 2.75) is 12.5 Å². The molecule has 1 aromatic heterocycles. The van der Waals surface area contributed by atoms with E-state index < -0.39 is 0 Å². The van der Waals surface area contributed by atoms with Crippen LogP contribution in [0.4, 0.5) is 10.8 Å². The number of benzene rings is 4. The maximum Gasteiger partial charge on any atom is 0.266 e. The van der Waals surface area contributed by atoms with Crippen LogP contribution in [0, 0.1) is 0 Å². The Hall–Kier alpha value is -4.99. The Morgan fingerprint density at radius 2 is 1.55 bits per heavy atom. The molecule has 218 valence electrons. The summed E-state index contributed by atoms with van der Waals surface area (Å²) >= 11 is 7.63. The van der Waals surface area contributed by atoms with Gasteiger partial charge in [0.2, 0.25) is 5.13 Å². The van der Waals surface area contributed by atoms with E-state index in [0.29, 0.717) is 50.6 Å². The average molecular weight is 621 g/mol. The Balaban J connectivity index is 1.24. The van der Waals surface area contributed by atoms with Gasteiger partial charge in [-0.1, -0.05) is 54.1 Å². The number of methoxy groups -OCH3 is 2. The van der Waals surface area contributed by atoms with Crippen LogP contribution in [-0.2, 0) is 0 Å². The second-order valence-electron chi connectivity index (χ2n) is 10.3. The number of fused-ring (bicyclic) bond motifs is 1. The molecule has 0 fully saturated rings. The number of ether oxygens (including phenoxy) is 2. The maximum absolute atomic E-state index is 13.1. The number of carbonyl (C=O) groups is 2. The summed E-state index contributed by atoms with van der Waals surface area (Å²) in [6, 6.07) is 27.6. The number of amides is 2. The van der Waals surface area contributed by atoms with Crippen LogP contribution in [0.1, 0.15) is 44.3 Å². The molecule has 0 aliphatic carbocycles. The molecule has 7 rings (SSSR count). The van der Waals surface area contributed by atoms with Gasteiger partial charge in [-0.15, -0.1) is 11.3 Å². The first-order valence-electron chi connectivity index (χ1n) is 13.8. The summed E-state index contributed by atoms with van der Waals surface area (Å²) in [6.07, 6.45) is 0.640. The first-order valence-corrected chi connectivity index (χ1v) is 15.1. The minimum absolute atomic E-state index is 0.149. The van der Waals surface area contributed by atoms with Crippen molar-refractivity contribution in [1.82, 2.24) is 4.98 Å². The zero-order chi connectivity index (χ0) is 30.4. The first kappa shape index (κ1) is 27.8. The molecule has 0 radical (unpaired) electrons. The number of imide groups is 1. The van der Waals surface area contributed by atoms with Crippen molar-refractivity contribution in [3.05, 3.63) is 124 Å². The summed E-state index contributed by atoms with van der Waals surface area (Å²) in [5.41, 5.74) is 5.69. The lowest BCUT2D eigenvalue weighted by Crippen LogP contribution is -2.29. The Kier molecular flexibility index (Phi) is 7.12. The van der Waals surface area contributed by atoms with Gasteiger partial charge in [0.15, 0.2) is 11.5 Å². The number of anilines is 2. The average Bonchev–Trinajstić information content (AvgIpc) is 3.78. The van der Waals surface area contributed by atoms with Gasteiger partial charge < -0.3 is 9.47 Å². The molecule has 0 saturated carbocycles. The van der Waals surface area contributed by atoms with E-state index in [1.54, 1.807) is 44.6 Å². The predicted octanol–water partition coefficient (Wildman–Crippen LogP) is 7.64. The number of hydrazone groups is 1. The first-order chi connectivity index (χ1) is 21.4. The lowest BCUT2D eigenvalue weighted by molar-refractivity contribution is 0.0926. The summed E-state index contributed by atoms with van der Waals surface area (Å²) in [5.74, 6) is 0.616. The molecule has 5 aromatic rings. The fraction of sp³-hybridized carbons (Fsp3) is 0.118. The fourth-order valence-corrected chi connectivity index (χ4v) is 6.51. The van der Waals surface area contributed by atoms with Crippen molar-refractivity contribution < 1.29 is 19.1 Å². The van der Waals surface area contributed by atoms with E-state index in [4.69, 9.17) is 31.2 Å². The van der Waals surface area contributed by atoms with Gasteiger partial charge >= 0.3 is 0 Å². The second-order valence-corrected chi connectivity index (χ2v) is 11.6. The molecule has 10 heteroatoms. The molecule has 4 aromatic carbocycles. The molecule has 0 saturated heterocycles. The molecule has 3 heterocycles. The summed E-state index contributed by atoms with van der Waals surface area (Å²) in [7, 11) is 3.23. The van der Waals surface area contributed by atoms with Crippen molar-refractivity contribution in [1.29, 1.82) is 0 Å². The van der Waals surface area contributed by atoms with Gasteiger partial charge in [-0.05, 0) is 59.7 Å². The summed E-state index contributed by atoms with van der Waals surface area (Å²) < 4.78 is 11.1. The molecule has 2 aliphatic rings. The lowest BCUT2D eigenvalue weighted by Gasteiger charge is -2.22. The number of hydrogen-bond acceptors (Lipinski definition) is 8. The van der Waals surface area contributed by atoms with E-state index in [2.05, 4.69) is 0 Å². The van der Waals surface area contributed by atoms with Gasteiger partial charge in [-0.2, -0.15) is 5.10 Å². The number of nitrogens with zero attached hydrogens (tertiary/aromatic N) is 4. The van der Waals surface area contributed by atoms with Gasteiger partial charge in [0.25, 0.3) is 11.8 Å². The number of hydrogen-bond donors (Lipinski definition) is 0. The fourth-order valence-electron chi connectivity index (χ4n) is 5.55. The standard InChI is InChI=1S/C34H25ClN4O4S/c1-42-30-15-12-22(17-31(30)43-2)29-18-27(20-10-13-23(35)14-11-20)37-39(29)34-36-28(19-44-34)21-6-5-7-24(16-21)38-32(40)25-8-3-4-9-26(25)33(38)41/h3-17,19,29H,18H2,1-2H3/t29-/m0/s1. The van der Waals surface area contributed by atoms with Crippen molar-refractivity contribution >= 4 is 51.3 Å². The summed E-state index contributed by atoms with van der Waals surface area (Å²) in [6.45, 7) is 0. The topological polar surface area (TPSA) is 84.3 Å². The van der Waals surface area contributed by atoms with Crippen LogP contribution in [0.3, 0.4) is 0 Å². The minimum Gasteiger partial charge on any atom is -0.493 e. The van der Waals surface area contributed by atoms with Gasteiger partial charge in [0.1, 0.15) is 0 Å². The van der Waals surface area contributed by atoms with Gasteiger partial charge in [-0.25, -0.2) is 14.9 Å². The van der Waals surface area contributed by atoms with Crippen molar-refractivity contribution in [3.8, 4) is 22.8 Å². The van der Waals surface area contributed by atoms with Crippen LogP contribution in [0.5, 0.6) is 11.5 Å². The molecular weight excluding hydrogens is 596 g/mol. The highest BCUT2D eigenvalue weighted by molar-refractivity contribution is 7.14. The van der Waals surface area contributed by atoms with Gasteiger partial charge in [0.05, 0.1) is 48.5 Å². The molecular formula is C34H25ClN4O4S. The van der Waals surface area contributed by atoms with Gasteiger partial charge in [0, 0.05) is 22.4 Å². The van der Waals surface area contributed by atoms with Crippen LogP contribution in [-0.4, -0.2) is 36.7 Å². The molecule has 0 N–H and O–H groups in total. The maximum atomic E-state index is 13.1. The number of carbonyl (C=O) groups excluding carboxylic acids is 2. The quantitative estimate of drug-likeness (QED) is 0.174. The lowest BCUT2D eigenvalue weighted by atomic mass is 9.98. The van der Waals surface area contributed by atoms with Crippen molar-refractivity contribution in [3.63, 3.8) is 0 Å². The molecule has 8 nitrogen and oxygen atoms in total. The highest BCUT2D eigenvalue weighted by Crippen LogP contribution is 2.42. The van der Waals surface area contributed by atoms with Crippen LogP contribution >= 0.6 is 22.9 Å². The molecule has 2 aliphatic heterocycles. The molecule has 0 bridgehead atoms. The monoisotopic (exact) mass is 620 g/mol. The zero-order valence-electron chi connectivity index (χ0n) is 23.7. The Labute approximate surface area is 262 Å². The molecule has 2 amide bonds. The van der Waals surface area contributed by atoms with Crippen molar-refractivity contribution in [2.24, 2.45) is 5.10 Å².